The van der Waals surface area contributed by atoms with E-state index >= 15 is 0 Å². The van der Waals surface area contributed by atoms with E-state index in [0.717, 1.165) is 49.6 Å². The summed E-state index contributed by atoms with van der Waals surface area (Å²) in [4.78, 5) is 38.7. The Kier molecular flexibility index (Phi) is 12.9. The summed E-state index contributed by atoms with van der Waals surface area (Å²) in [6.07, 6.45) is 11.5. The van der Waals surface area contributed by atoms with Gasteiger partial charge in [-0.05, 0) is 130 Å². The third kappa shape index (κ3) is 9.58. The fourth-order valence-corrected chi connectivity index (χ4v) is 13.4. The lowest BCUT2D eigenvalue weighted by molar-refractivity contribution is -0.384. The topological polar surface area (TPSA) is 211 Å². The lowest BCUT2D eigenvalue weighted by Gasteiger charge is -2.56. The Bertz CT molecular complexity index is 2960. The van der Waals surface area contributed by atoms with Crippen LogP contribution in [0.1, 0.15) is 125 Å². The van der Waals surface area contributed by atoms with Gasteiger partial charge in [0, 0.05) is 67.1 Å². The molecule has 11 rings (SSSR count). The summed E-state index contributed by atoms with van der Waals surface area (Å²) in [6, 6.07) is 20.6. The zero-order chi connectivity index (χ0) is 49.9. The molecule has 4 N–H and O–H groups in total. The van der Waals surface area contributed by atoms with Gasteiger partial charge in [0.15, 0.2) is 17.2 Å². The minimum Gasteiger partial charge on any atom is -0.489 e. The number of pyridine rings is 1. The van der Waals surface area contributed by atoms with Gasteiger partial charge in [0.2, 0.25) is 0 Å². The molecule has 5 fully saturated rings. The minimum absolute atomic E-state index is 0.00863. The second kappa shape index (κ2) is 19.1. The number of ether oxygens (including phenoxy) is 4. The summed E-state index contributed by atoms with van der Waals surface area (Å²) >= 11 is 0. The van der Waals surface area contributed by atoms with Gasteiger partial charge >= 0.3 is 0 Å². The first-order chi connectivity index (χ1) is 34.6. The maximum atomic E-state index is 14.4. The van der Waals surface area contributed by atoms with Crippen LogP contribution in [0, 0.1) is 21.4 Å². The number of carbonyl (C=O) groups excluding carboxylic acids is 1. The van der Waals surface area contributed by atoms with Gasteiger partial charge in [-0.15, -0.1) is 0 Å². The molecule has 18 heteroatoms. The molecule has 0 radical (unpaired) electrons. The Morgan fingerprint density at radius 1 is 0.972 bits per heavy atom. The van der Waals surface area contributed by atoms with Crippen molar-refractivity contribution in [2.75, 3.05) is 49.7 Å². The summed E-state index contributed by atoms with van der Waals surface area (Å²) in [5.74, 6) is 0.0550. The van der Waals surface area contributed by atoms with Gasteiger partial charge in [-0.25, -0.2) is 13.1 Å². The summed E-state index contributed by atoms with van der Waals surface area (Å²) in [5, 5.41) is 27.0. The Morgan fingerprint density at radius 3 is 2.51 bits per heavy atom. The molecule has 4 aliphatic heterocycles. The van der Waals surface area contributed by atoms with Gasteiger partial charge in [0.05, 0.1) is 40.2 Å². The monoisotopic (exact) mass is 1000 g/mol. The van der Waals surface area contributed by atoms with Crippen LogP contribution in [0.25, 0.3) is 11.0 Å². The molecule has 2 saturated carbocycles. The second-order valence-corrected chi connectivity index (χ2v) is 23.4. The van der Waals surface area contributed by atoms with E-state index in [9.17, 15) is 28.4 Å². The van der Waals surface area contributed by atoms with Crippen LogP contribution in [-0.2, 0) is 14.8 Å². The van der Waals surface area contributed by atoms with E-state index in [-0.39, 0.29) is 64.5 Å². The quantitative estimate of drug-likeness (QED) is 0.0640. The molecule has 6 heterocycles. The second-order valence-electron chi connectivity index (χ2n) is 21.7. The average Bonchev–Trinajstić information content (AvgIpc) is 4.16. The molecule has 3 atom stereocenters. The summed E-state index contributed by atoms with van der Waals surface area (Å²) in [7, 11) is -4.72. The summed E-state index contributed by atoms with van der Waals surface area (Å²) < 4.78 is 55.1. The smallest absolute Gasteiger partial charge is 0.297 e. The number of carbonyl (C=O) groups is 1. The first-order valence-corrected chi connectivity index (χ1v) is 27.2. The number of hydrogen-bond acceptors (Lipinski definition) is 14. The zero-order valence-electron chi connectivity index (χ0n) is 41.2. The van der Waals surface area contributed by atoms with E-state index in [4.69, 9.17) is 23.9 Å². The van der Waals surface area contributed by atoms with Crippen molar-refractivity contribution in [2.24, 2.45) is 11.3 Å². The largest absolute Gasteiger partial charge is 0.489 e. The number of aromatic nitrogens is 2. The number of likely N-dealkylation sites (tertiary alicyclic amines) is 1. The number of aliphatic hydroxyl groups is 1. The SMILES string of the molecule is CC(C)c1ccccc1[C@H]1CCCN1C1CC2(CCN(c3ccc(C(=O)NS(=O)(=O)c4cc5c(c([N+](=O)[O-])c4)N[C@@H](C4CCC(C)(O)CC4)CO5)c(Oc4cc5cc[nH]c5nc4O[C@@H]4CCOC4)c3)CC2)C1. The maximum Gasteiger partial charge on any atom is 0.297 e. The third-order valence-electron chi connectivity index (χ3n) is 16.5. The number of rotatable bonds is 13. The van der Waals surface area contributed by atoms with Crippen molar-refractivity contribution in [2.45, 2.75) is 132 Å². The number of amides is 1. The maximum absolute atomic E-state index is 14.4. The van der Waals surface area contributed by atoms with Crippen molar-refractivity contribution >= 4 is 44.0 Å². The van der Waals surface area contributed by atoms with Crippen LogP contribution >= 0.6 is 0 Å². The third-order valence-corrected chi connectivity index (χ3v) is 17.9. The highest BCUT2D eigenvalue weighted by Crippen LogP contribution is 2.55. The van der Waals surface area contributed by atoms with E-state index in [0.29, 0.717) is 69.0 Å². The number of aromatic amines is 1. The van der Waals surface area contributed by atoms with Crippen molar-refractivity contribution in [3.8, 4) is 23.1 Å². The van der Waals surface area contributed by atoms with Crippen LogP contribution < -0.4 is 29.1 Å². The van der Waals surface area contributed by atoms with E-state index in [1.807, 2.05) is 19.1 Å². The molecule has 3 saturated heterocycles. The Balaban J connectivity index is 0.842. The van der Waals surface area contributed by atoms with Crippen molar-refractivity contribution in [1.29, 1.82) is 0 Å². The molecule has 0 bridgehead atoms. The molecule has 1 amide bonds. The van der Waals surface area contributed by atoms with Gasteiger partial charge < -0.3 is 39.3 Å². The van der Waals surface area contributed by atoms with E-state index in [2.05, 4.69) is 62.9 Å². The molecule has 5 aromatic rings. The minimum atomic E-state index is -4.72. The van der Waals surface area contributed by atoms with Crippen LogP contribution in [0.4, 0.5) is 17.1 Å². The number of H-pyrrole nitrogens is 1. The molecule has 1 spiro atoms. The fourth-order valence-electron chi connectivity index (χ4n) is 12.4. The van der Waals surface area contributed by atoms with Crippen molar-refractivity contribution in [3.63, 3.8) is 0 Å². The number of nitrogens with zero attached hydrogens (tertiary/aromatic N) is 4. The molecule has 2 aromatic heterocycles. The number of sulfonamides is 1. The number of hydrogen-bond donors (Lipinski definition) is 4. The number of fused-ring (bicyclic) bond motifs is 2. The van der Waals surface area contributed by atoms with Crippen LogP contribution in [0.15, 0.2) is 77.8 Å². The van der Waals surface area contributed by atoms with Crippen LogP contribution in [0.5, 0.6) is 23.1 Å². The van der Waals surface area contributed by atoms with Crippen molar-refractivity contribution in [3.05, 3.63) is 99.7 Å². The Labute approximate surface area is 420 Å². The van der Waals surface area contributed by atoms with E-state index < -0.39 is 37.0 Å². The van der Waals surface area contributed by atoms with Crippen LogP contribution in [0.3, 0.4) is 0 Å². The highest BCUT2D eigenvalue weighted by molar-refractivity contribution is 7.90. The lowest BCUT2D eigenvalue weighted by atomic mass is 9.59. The van der Waals surface area contributed by atoms with Crippen LogP contribution in [0.2, 0.25) is 0 Å². The number of benzene rings is 3. The first-order valence-electron chi connectivity index (χ1n) is 25.8. The standard InChI is InChI=1S/C54H65N7O10S/c1-33(2)40-7-4-5-8-41(40)44-9-6-21-60(44)37-29-54(30-37)18-22-59(23-19-54)36-10-11-42(46(26-36)71-48-25-35-14-20-55-50(35)57-52(48)70-38-15-24-68-31-38)51(62)58-72(66,67)39-27-45(61(64)65)49-47(28-39)69-32-43(56-49)34-12-16-53(3,63)17-13-34/h4-5,7-8,10-11,14,20,25-28,33-34,37-38,43-44,56,63H,6,9,12-13,15-19,21-24,29-32H2,1-3H3,(H,55,57)(H,58,62)/t34?,38-,43-,44-,53?/m1/s1. The van der Waals surface area contributed by atoms with Gasteiger partial charge in [0.25, 0.3) is 27.5 Å². The molecule has 17 nitrogen and oxygen atoms in total. The van der Waals surface area contributed by atoms with Crippen molar-refractivity contribution < 1.29 is 42.2 Å². The van der Waals surface area contributed by atoms with Gasteiger partial charge in [0.1, 0.15) is 24.1 Å². The normalized spacial score (nSPS) is 25.4. The van der Waals surface area contributed by atoms with Gasteiger partial charge in [-0.2, -0.15) is 4.98 Å². The zero-order valence-corrected chi connectivity index (χ0v) is 42.0. The Hall–Kier alpha value is -5.95. The first kappa shape index (κ1) is 48.3. The molecular formula is C54H65N7O10S. The number of nitro groups is 1. The van der Waals surface area contributed by atoms with Gasteiger partial charge in [-0.3, -0.25) is 19.8 Å². The molecule has 6 aliphatic rings. The van der Waals surface area contributed by atoms with E-state index in [1.54, 1.807) is 24.4 Å². The van der Waals surface area contributed by atoms with Crippen molar-refractivity contribution in [1.82, 2.24) is 19.6 Å². The highest BCUT2D eigenvalue weighted by Gasteiger charge is 2.50. The van der Waals surface area contributed by atoms with E-state index in [1.165, 1.54) is 42.9 Å². The number of piperidine rings is 1. The molecular weight excluding hydrogens is 939 g/mol. The number of nitro benzene ring substituents is 1. The Morgan fingerprint density at radius 2 is 1.76 bits per heavy atom. The summed E-state index contributed by atoms with van der Waals surface area (Å²) in [6.45, 7) is 10.2. The average molecular weight is 1000 g/mol. The molecule has 382 valence electrons. The lowest BCUT2D eigenvalue weighted by Crippen LogP contribution is -2.54. The predicted molar refractivity (Wildman–Crippen MR) is 272 cm³/mol. The fraction of sp³-hybridized carbons (Fsp3) is 0.519. The molecule has 2 aliphatic carbocycles. The predicted octanol–water partition coefficient (Wildman–Crippen LogP) is 9.37. The van der Waals surface area contributed by atoms with Gasteiger partial charge in [-0.1, -0.05) is 38.1 Å². The molecule has 3 aromatic carbocycles. The summed E-state index contributed by atoms with van der Waals surface area (Å²) in [5.41, 5.74) is 3.33. The number of anilines is 2. The molecule has 0 unspecified atom stereocenters. The number of nitrogens with one attached hydrogen (secondary N) is 3. The van der Waals surface area contributed by atoms with Crippen LogP contribution in [-0.4, -0.2) is 102 Å². The highest BCUT2D eigenvalue weighted by atomic mass is 32.2. The molecule has 72 heavy (non-hydrogen) atoms.